The Morgan fingerprint density at radius 2 is 2.18 bits per heavy atom. The highest BCUT2D eigenvalue weighted by Crippen LogP contribution is 2.21. The van der Waals surface area contributed by atoms with E-state index in [1.54, 1.807) is 4.90 Å². The third kappa shape index (κ3) is 3.47. The number of hydrogen-bond acceptors (Lipinski definition) is 4. The van der Waals surface area contributed by atoms with E-state index in [1.165, 1.54) is 6.20 Å². The fourth-order valence-corrected chi connectivity index (χ4v) is 1.71. The molecule has 5 heteroatoms. The van der Waals surface area contributed by atoms with Crippen molar-refractivity contribution < 1.29 is 9.53 Å². The zero-order valence-electron chi connectivity index (χ0n) is 10.9. The number of hydrogen-bond donors (Lipinski definition) is 2. The predicted octanol–water partition coefficient (Wildman–Crippen LogP) is 1.88. The summed E-state index contributed by atoms with van der Waals surface area (Å²) in [6.07, 6.45) is 1.69. The molecule has 0 aromatic heterocycles. The van der Waals surface area contributed by atoms with Crippen LogP contribution in [0.25, 0.3) is 0 Å². The lowest BCUT2D eigenvalue weighted by molar-refractivity contribution is 0.0202. The van der Waals surface area contributed by atoms with Gasteiger partial charge in [-0.3, -0.25) is 4.90 Å². The van der Waals surface area contributed by atoms with E-state index >= 15 is 0 Å². The first-order chi connectivity index (χ1) is 7.74. The van der Waals surface area contributed by atoms with E-state index in [1.807, 2.05) is 27.7 Å². The van der Waals surface area contributed by atoms with Crippen molar-refractivity contribution in [2.24, 2.45) is 5.73 Å². The number of piperidine rings is 1. The molecule has 1 heterocycles. The van der Waals surface area contributed by atoms with Crippen LogP contribution in [-0.2, 0) is 4.74 Å². The van der Waals surface area contributed by atoms with Gasteiger partial charge in [0, 0.05) is 6.04 Å². The molecule has 96 valence electrons. The Morgan fingerprint density at radius 3 is 2.65 bits per heavy atom. The van der Waals surface area contributed by atoms with Crippen LogP contribution in [0.2, 0.25) is 0 Å². The second kappa shape index (κ2) is 4.77. The third-order valence-electron chi connectivity index (χ3n) is 2.59. The van der Waals surface area contributed by atoms with Gasteiger partial charge in [-0.05, 0) is 45.9 Å². The van der Waals surface area contributed by atoms with Crippen molar-refractivity contribution in [3.05, 3.63) is 11.8 Å². The van der Waals surface area contributed by atoms with Gasteiger partial charge in [-0.1, -0.05) is 0 Å². The molecule has 0 aromatic carbocycles. The molecule has 1 aliphatic rings. The molecule has 0 radical (unpaired) electrons. The zero-order chi connectivity index (χ0) is 13.2. The Kier molecular flexibility index (Phi) is 3.80. The number of carbonyl (C=O) groups is 1. The van der Waals surface area contributed by atoms with Crippen molar-refractivity contribution in [2.75, 3.05) is 6.54 Å². The fourth-order valence-electron chi connectivity index (χ4n) is 1.71. The van der Waals surface area contributed by atoms with Gasteiger partial charge in [0.25, 0.3) is 0 Å². The Balaban J connectivity index is 2.73. The van der Waals surface area contributed by atoms with Crippen molar-refractivity contribution in [1.29, 1.82) is 5.41 Å². The molecule has 1 saturated heterocycles. The van der Waals surface area contributed by atoms with Gasteiger partial charge in [0.05, 0.1) is 12.3 Å². The average molecular weight is 239 g/mol. The van der Waals surface area contributed by atoms with E-state index in [4.69, 9.17) is 15.9 Å². The van der Waals surface area contributed by atoms with E-state index in [0.29, 0.717) is 12.1 Å². The number of amides is 1. The summed E-state index contributed by atoms with van der Waals surface area (Å²) in [5.74, 6) is 0. The second-order valence-electron chi connectivity index (χ2n) is 5.33. The van der Waals surface area contributed by atoms with Crippen molar-refractivity contribution in [3.8, 4) is 0 Å². The first-order valence-corrected chi connectivity index (χ1v) is 5.73. The molecule has 17 heavy (non-hydrogen) atoms. The highest BCUT2D eigenvalue weighted by atomic mass is 16.6. The summed E-state index contributed by atoms with van der Waals surface area (Å²) in [7, 11) is 0. The number of likely N-dealkylation sites (tertiary alicyclic amines) is 1. The Labute approximate surface area is 102 Å². The highest BCUT2D eigenvalue weighted by Gasteiger charge is 2.31. The summed E-state index contributed by atoms with van der Waals surface area (Å²) in [6, 6.07) is 0.00810. The molecule has 1 unspecified atom stereocenters. The molecular weight excluding hydrogens is 218 g/mol. The molecule has 0 saturated carbocycles. The van der Waals surface area contributed by atoms with E-state index < -0.39 is 5.60 Å². The minimum absolute atomic E-state index is 0.00810. The first kappa shape index (κ1) is 13.5. The quantitative estimate of drug-likeness (QED) is 0.677. The maximum absolute atomic E-state index is 11.9. The summed E-state index contributed by atoms with van der Waals surface area (Å²) in [5, 5.41) is 7.79. The topological polar surface area (TPSA) is 79.4 Å². The van der Waals surface area contributed by atoms with E-state index in [2.05, 4.69) is 0 Å². The Bertz CT molecular complexity index is 355. The standard InChI is InChI=1S/C12H21N3O2/c1-8-5-9(6-13)10(14)7-15(8)11(16)17-12(2,3)4/h6,8,14H,5,7,13H2,1-4H3/b9-6-,14-10?. The van der Waals surface area contributed by atoms with Gasteiger partial charge < -0.3 is 15.9 Å². The molecule has 1 amide bonds. The molecule has 0 bridgehead atoms. The van der Waals surface area contributed by atoms with Gasteiger partial charge in [0.2, 0.25) is 0 Å². The van der Waals surface area contributed by atoms with Crippen molar-refractivity contribution >= 4 is 11.8 Å². The van der Waals surface area contributed by atoms with Crippen molar-refractivity contribution in [1.82, 2.24) is 4.90 Å². The largest absolute Gasteiger partial charge is 0.444 e. The van der Waals surface area contributed by atoms with Crippen molar-refractivity contribution in [3.63, 3.8) is 0 Å². The van der Waals surface area contributed by atoms with Crippen LogP contribution in [0.5, 0.6) is 0 Å². The SMILES string of the molecule is CC1C/C(=C/N)C(=N)CN1C(=O)OC(C)(C)C. The van der Waals surface area contributed by atoms with Gasteiger partial charge in [0.1, 0.15) is 5.60 Å². The summed E-state index contributed by atoms with van der Waals surface area (Å²) in [5.41, 5.74) is 6.12. The minimum atomic E-state index is -0.511. The van der Waals surface area contributed by atoms with E-state index in [0.717, 1.165) is 5.57 Å². The first-order valence-electron chi connectivity index (χ1n) is 5.73. The van der Waals surface area contributed by atoms with E-state index in [-0.39, 0.29) is 18.7 Å². The maximum Gasteiger partial charge on any atom is 0.410 e. The molecule has 0 aliphatic carbocycles. The monoisotopic (exact) mass is 239 g/mol. The molecule has 1 fully saturated rings. The van der Waals surface area contributed by atoms with Gasteiger partial charge in [0.15, 0.2) is 0 Å². The normalized spacial score (nSPS) is 24.0. The number of nitrogens with one attached hydrogen (secondary N) is 1. The van der Waals surface area contributed by atoms with Crippen LogP contribution in [0.4, 0.5) is 4.79 Å². The van der Waals surface area contributed by atoms with Crippen LogP contribution in [0.15, 0.2) is 11.8 Å². The Morgan fingerprint density at radius 1 is 1.59 bits per heavy atom. The summed E-state index contributed by atoms with van der Waals surface area (Å²) in [4.78, 5) is 13.5. The van der Waals surface area contributed by atoms with Gasteiger partial charge in [-0.15, -0.1) is 0 Å². The predicted molar refractivity (Wildman–Crippen MR) is 67.0 cm³/mol. The molecule has 5 nitrogen and oxygen atoms in total. The number of nitrogens with two attached hydrogens (primary N) is 1. The van der Waals surface area contributed by atoms with Gasteiger partial charge in [-0.25, -0.2) is 4.79 Å². The highest BCUT2D eigenvalue weighted by molar-refractivity contribution is 6.01. The lowest BCUT2D eigenvalue weighted by Gasteiger charge is -2.36. The number of carbonyl (C=O) groups excluding carboxylic acids is 1. The van der Waals surface area contributed by atoms with Crippen LogP contribution in [0, 0.1) is 5.41 Å². The molecule has 3 N–H and O–H groups in total. The lowest BCUT2D eigenvalue weighted by atomic mass is 9.97. The van der Waals surface area contributed by atoms with Crippen LogP contribution in [0.1, 0.15) is 34.1 Å². The smallest absolute Gasteiger partial charge is 0.410 e. The van der Waals surface area contributed by atoms with Gasteiger partial charge in [-0.2, -0.15) is 0 Å². The molecular formula is C12H21N3O2. The second-order valence-corrected chi connectivity index (χ2v) is 5.33. The minimum Gasteiger partial charge on any atom is -0.444 e. The Hall–Kier alpha value is -1.52. The lowest BCUT2D eigenvalue weighted by Crippen LogP contribution is -2.48. The summed E-state index contributed by atoms with van der Waals surface area (Å²) in [6.45, 7) is 7.68. The summed E-state index contributed by atoms with van der Waals surface area (Å²) < 4.78 is 5.30. The van der Waals surface area contributed by atoms with Crippen LogP contribution in [-0.4, -0.2) is 34.9 Å². The number of nitrogens with zero attached hydrogens (tertiary/aromatic N) is 1. The molecule has 0 aromatic rings. The van der Waals surface area contributed by atoms with Crippen LogP contribution < -0.4 is 5.73 Å². The number of ether oxygens (including phenoxy) is 1. The summed E-state index contributed by atoms with van der Waals surface area (Å²) >= 11 is 0. The molecule has 1 rings (SSSR count). The maximum atomic E-state index is 11.9. The van der Waals surface area contributed by atoms with Gasteiger partial charge >= 0.3 is 6.09 Å². The molecule has 1 atom stereocenters. The number of rotatable bonds is 0. The van der Waals surface area contributed by atoms with Crippen LogP contribution >= 0.6 is 0 Å². The average Bonchev–Trinajstić information content (AvgIpc) is 2.18. The van der Waals surface area contributed by atoms with Crippen LogP contribution in [0.3, 0.4) is 0 Å². The zero-order valence-corrected chi connectivity index (χ0v) is 10.9. The third-order valence-corrected chi connectivity index (χ3v) is 2.59. The van der Waals surface area contributed by atoms with E-state index in [9.17, 15) is 4.79 Å². The fraction of sp³-hybridized carbons (Fsp3) is 0.667. The van der Waals surface area contributed by atoms with Crippen molar-refractivity contribution in [2.45, 2.75) is 45.8 Å². The molecule has 0 spiro atoms. The molecule has 1 aliphatic heterocycles.